The van der Waals surface area contributed by atoms with Gasteiger partial charge in [-0.05, 0) is 19.8 Å². The normalized spacial score (nSPS) is 26.1. The Morgan fingerprint density at radius 3 is 2.33 bits per heavy atom. The van der Waals surface area contributed by atoms with Crippen molar-refractivity contribution in [2.45, 2.75) is 24.1 Å². The Morgan fingerprint density at radius 1 is 1.44 bits per heavy atom. The molecule has 1 N–H and O–H groups in total. The molecule has 0 spiro atoms. The molecule has 0 aromatic heterocycles. The van der Waals surface area contributed by atoms with E-state index in [-0.39, 0.29) is 5.91 Å². The number of halogens is 2. The van der Waals surface area contributed by atoms with Crippen LogP contribution in [0.1, 0.15) is 19.8 Å². The average molecular weight is 317 g/mol. The standard InChI is InChI=1S/C10H18Cl2N2O3S/c1-9(7-10(9,11)12)8(15)13-5-4-6-14(2)18(3,16)17/h4-7H2,1-3H3,(H,13,15)/t9-/m0/s1. The van der Waals surface area contributed by atoms with E-state index in [0.29, 0.717) is 25.9 Å². The number of hydrogen-bond acceptors (Lipinski definition) is 3. The van der Waals surface area contributed by atoms with Crippen molar-refractivity contribution in [3.63, 3.8) is 0 Å². The number of alkyl halides is 2. The van der Waals surface area contributed by atoms with Crippen molar-refractivity contribution >= 4 is 39.1 Å². The van der Waals surface area contributed by atoms with Crippen molar-refractivity contribution in [2.75, 3.05) is 26.4 Å². The lowest BCUT2D eigenvalue weighted by molar-refractivity contribution is -0.125. The summed E-state index contributed by atoms with van der Waals surface area (Å²) < 4.78 is 22.5. The molecule has 1 aliphatic rings. The second-order valence-electron chi connectivity index (χ2n) is 4.91. The zero-order valence-electron chi connectivity index (χ0n) is 10.7. The summed E-state index contributed by atoms with van der Waals surface area (Å²) in [6.07, 6.45) is 2.13. The van der Waals surface area contributed by atoms with Crippen molar-refractivity contribution in [2.24, 2.45) is 5.41 Å². The minimum atomic E-state index is -3.16. The van der Waals surface area contributed by atoms with Gasteiger partial charge in [-0.2, -0.15) is 0 Å². The molecular formula is C10H18Cl2N2O3S. The van der Waals surface area contributed by atoms with Crippen LogP contribution in [0.5, 0.6) is 0 Å². The van der Waals surface area contributed by atoms with Crippen LogP contribution < -0.4 is 5.32 Å². The van der Waals surface area contributed by atoms with Crippen LogP contribution in [0.3, 0.4) is 0 Å². The van der Waals surface area contributed by atoms with Crippen LogP contribution in [0.15, 0.2) is 0 Å². The third-order valence-corrected chi connectivity index (χ3v) is 5.68. The highest BCUT2D eigenvalue weighted by Gasteiger charge is 2.67. The summed E-state index contributed by atoms with van der Waals surface area (Å²) in [5.41, 5.74) is -0.723. The van der Waals surface area contributed by atoms with Crippen LogP contribution in [0, 0.1) is 5.41 Å². The van der Waals surface area contributed by atoms with Gasteiger partial charge in [0.05, 0.1) is 11.7 Å². The van der Waals surface area contributed by atoms with Gasteiger partial charge in [0.15, 0.2) is 0 Å². The molecule has 5 nitrogen and oxygen atoms in total. The summed E-state index contributed by atoms with van der Waals surface area (Å²) in [5.74, 6) is -0.186. The topological polar surface area (TPSA) is 66.5 Å². The van der Waals surface area contributed by atoms with E-state index in [9.17, 15) is 13.2 Å². The predicted molar refractivity (Wildman–Crippen MR) is 72.3 cm³/mol. The molecule has 0 radical (unpaired) electrons. The lowest BCUT2D eigenvalue weighted by Crippen LogP contribution is -2.35. The van der Waals surface area contributed by atoms with E-state index in [2.05, 4.69) is 5.32 Å². The molecule has 0 unspecified atom stereocenters. The number of nitrogens with one attached hydrogen (secondary N) is 1. The summed E-state index contributed by atoms with van der Waals surface area (Å²) in [5, 5.41) is 2.72. The summed E-state index contributed by atoms with van der Waals surface area (Å²) in [6, 6.07) is 0. The highest BCUT2D eigenvalue weighted by molar-refractivity contribution is 7.88. The van der Waals surface area contributed by atoms with Gasteiger partial charge in [0.2, 0.25) is 15.9 Å². The number of sulfonamides is 1. The first-order chi connectivity index (χ1) is 8.01. The fourth-order valence-corrected chi connectivity index (χ4v) is 2.68. The van der Waals surface area contributed by atoms with Crippen LogP contribution in [0.4, 0.5) is 0 Å². The largest absolute Gasteiger partial charge is 0.355 e. The predicted octanol–water partition coefficient (Wildman–Crippen LogP) is 0.968. The monoisotopic (exact) mass is 316 g/mol. The second kappa shape index (κ2) is 5.15. The first kappa shape index (κ1) is 16.0. The molecule has 0 aromatic rings. The molecule has 0 bridgehead atoms. The molecule has 8 heteroatoms. The van der Waals surface area contributed by atoms with Crippen molar-refractivity contribution in [3.05, 3.63) is 0 Å². The molecule has 1 saturated carbocycles. The number of hydrogen-bond donors (Lipinski definition) is 1. The van der Waals surface area contributed by atoms with E-state index in [4.69, 9.17) is 23.2 Å². The van der Waals surface area contributed by atoms with Gasteiger partial charge < -0.3 is 5.32 Å². The van der Waals surface area contributed by atoms with E-state index in [1.54, 1.807) is 6.92 Å². The molecule has 1 aliphatic carbocycles. The molecule has 1 atom stereocenters. The van der Waals surface area contributed by atoms with Gasteiger partial charge in [0, 0.05) is 20.1 Å². The maximum atomic E-state index is 11.8. The van der Waals surface area contributed by atoms with Crippen molar-refractivity contribution in [1.29, 1.82) is 0 Å². The van der Waals surface area contributed by atoms with Crippen LogP contribution in [0.25, 0.3) is 0 Å². The van der Waals surface area contributed by atoms with Gasteiger partial charge in [0.25, 0.3) is 0 Å². The van der Waals surface area contributed by atoms with E-state index in [1.165, 1.54) is 11.4 Å². The quantitative estimate of drug-likeness (QED) is 0.586. The zero-order valence-corrected chi connectivity index (χ0v) is 13.0. The van der Waals surface area contributed by atoms with E-state index in [1.807, 2.05) is 0 Å². The van der Waals surface area contributed by atoms with E-state index < -0.39 is 19.8 Å². The number of carbonyl (C=O) groups excluding carboxylic acids is 1. The highest BCUT2D eigenvalue weighted by atomic mass is 35.5. The summed E-state index contributed by atoms with van der Waals surface area (Å²) >= 11 is 11.8. The molecule has 106 valence electrons. The van der Waals surface area contributed by atoms with E-state index in [0.717, 1.165) is 6.26 Å². The fraction of sp³-hybridized carbons (Fsp3) is 0.900. The number of carbonyl (C=O) groups is 1. The van der Waals surface area contributed by atoms with Crippen LogP contribution >= 0.6 is 23.2 Å². The summed E-state index contributed by atoms with van der Waals surface area (Å²) in [4.78, 5) is 11.8. The van der Waals surface area contributed by atoms with Gasteiger partial charge in [-0.1, -0.05) is 0 Å². The number of rotatable bonds is 6. The highest BCUT2D eigenvalue weighted by Crippen LogP contribution is 2.63. The Morgan fingerprint density at radius 2 is 1.94 bits per heavy atom. The second-order valence-corrected chi connectivity index (χ2v) is 8.48. The number of nitrogens with zero attached hydrogens (tertiary/aromatic N) is 1. The Kier molecular flexibility index (Phi) is 4.58. The molecule has 1 rings (SSSR count). The minimum Gasteiger partial charge on any atom is -0.355 e. The van der Waals surface area contributed by atoms with Gasteiger partial charge >= 0.3 is 0 Å². The Labute approximate surface area is 118 Å². The zero-order chi connectivity index (χ0) is 14.2. The smallest absolute Gasteiger partial charge is 0.229 e. The maximum absolute atomic E-state index is 11.8. The first-order valence-electron chi connectivity index (χ1n) is 5.58. The van der Waals surface area contributed by atoms with Gasteiger partial charge in [-0.15, -0.1) is 23.2 Å². The lowest BCUT2D eigenvalue weighted by atomic mass is 10.1. The summed E-state index contributed by atoms with van der Waals surface area (Å²) in [7, 11) is -1.66. The fourth-order valence-electron chi connectivity index (χ4n) is 1.51. The molecule has 1 amide bonds. The molecule has 0 heterocycles. The molecule has 0 aromatic carbocycles. The van der Waals surface area contributed by atoms with Gasteiger partial charge in [-0.3, -0.25) is 4.79 Å². The van der Waals surface area contributed by atoms with Crippen molar-refractivity contribution in [1.82, 2.24) is 9.62 Å². The Hall–Kier alpha value is -0.0400. The average Bonchev–Trinajstić information content (AvgIpc) is 2.72. The van der Waals surface area contributed by atoms with Crippen LogP contribution in [-0.2, 0) is 14.8 Å². The maximum Gasteiger partial charge on any atom is 0.229 e. The van der Waals surface area contributed by atoms with E-state index >= 15 is 0 Å². The number of amides is 1. The Balaban J connectivity index is 2.26. The van der Waals surface area contributed by atoms with Crippen LogP contribution in [0.2, 0.25) is 0 Å². The van der Waals surface area contributed by atoms with Crippen molar-refractivity contribution < 1.29 is 13.2 Å². The SMILES string of the molecule is CN(CCCNC(=O)[C@]1(C)CC1(Cl)Cl)S(C)(=O)=O. The minimum absolute atomic E-state index is 0.186. The molecule has 0 aliphatic heterocycles. The van der Waals surface area contributed by atoms with Crippen molar-refractivity contribution in [3.8, 4) is 0 Å². The Bertz CT molecular complexity index is 438. The molecule has 18 heavy (non-hydrogen) atoms. The third kappa shape index (κ3) is 3.50. The molecular weight excluding hydrogens is 299 g/mol. The molecule has 1 fully saturated rings. The lowest BCUT2D eigenvalue weighted by Gasteiger charge is -2.15. The first-order valence-corrected chi connectivity index (χ1v) is 8.18. The van der Waals surface area contributed by atoms with Gasteiger partial charge in [-0.25, -0.2) is 12.7 Å². The third-order valence-electron chi connectivity index (χ3n) is 3.26. The summed E-state index contributed by atoms with van der Waals surface area (Å²) in [6.45, 7) is 2.48. The molecule has 0 saturated heterocycles. The van der Waals surface area contributed by atoms with Crippen LogP contribution in [-0.4, -0.2) is 49.4 Å². The van der Waals surface area contributed by atoms with Gasteiger partial charge in [0.1, 0.15) is 4.33 Å².